The average molecular weight is 239 g/mol. The van der Waals surface area contributed by atoms with Gasteiger partial charge in [0.1, 0.15) is 0 Å². The van der Waals surface area contributed by atoms with Crippen molar-refractivity contribution in [2.75, 3.05) is 11.5 Å². The van der Waals surface area contributed by atoms with E-state index in [2.05, 4.69) is 0 Å². The van der Waals surface area contributed by atoms with E-state index in [-0.39, 0.29) is 5.92 Å². The van der Waals surface area contributed by atoms with Crippen LogP contribution in [-0.2, 0) is 16.4 Å². The second-order valence-electron chi connectivity index (χ2n) is 4.40. The zero-order chi connectivity index (χ0) is 11.6. The van der Waals surface area contributed by atoms with Gasteiger partial charge in [-0.05, 0) is 29.9 Å². The first-order valence-electron chi connectivity index (χ1n) is 5.60. The molecule has 0 saturated carbocycles. The van der Waals surface area contributed by atoms with E-state index in [4.69, 9.17) is 5.73 Å². The normalized spacial score (nSPS) is 24.2. The molecule has 0 amide bonds. The van der Waals surface area contributed by atoms with Gasteiger partial charge in [0.15, 0.2) is 9.84 Å². The van der Waals surface area contributed by atoms with E-state index in [1.54, 1.807) is 0 Å². The van der Waals surface area contributed by atoms with E-state index < -0.39 is 9.84 Å². The van der Waals surface area contributed by atoms with Crippen LogP contribution in [0.4, 0.5) is 0 Å². The Morgan fingerprint density at radius 2 is 2.19 bits per heavy atom. The van der Waals surface area contributed by atoms with E-state index in [1.807, 2.05) is 24.3 Å². The first kappa shape index (κ1) is 11.6. The summed E-state index contributed by atoms with van der Waals surface area (Å²) in [5, 5.41) is 0. The number of rotatable bonds is 2. The van der Waals surface area contributed by atoms with E-state index in [9.17, 15) is 8.42 Å². The van der Waals surface area contributed by atoms with Crippen molar-refractivity contribution < 1.29 is 8.42 Å². The van der Waals surface area contributed by atoms with Crippen molar-refractivity contribution in [3.63, 3.8) is 0 Å². The summed E-state index contributed by atoms with van der Waals surface area (Å²) in [4.78, 5) is 0. The molecular weight excluding hydrogens is 222 g/mol. The second-order valence-corrected chi connectivity index (χ2v) is 6.63. The maximum Gasteiger partial charge on any atom is 0.150 e. The fourth-order valence-corrected chi connectivity index (χ4v) is 4.01. The molecule has 1 atom stereocenters. The molecule has 0 aromatic heterocycles. The van der Waals surface area contributed by atoms with Gasteiger partial charge in [-0.3, -0.25) is 0 Å². The van der Waals surface area contributed by atoms with Gasteiger partial charge in [-0.25, -0.2) is 8.42 Å². The largest absolute Gasteiger partial charge is 0.326 e. The van der Waals surface area contributed by atoms with Crippen LogP contribution in [0.5, 0.6) is 0 Å². The predicted octanol–water partition coefficient (Wildman–Crippen LogP) is 1.44. The van der Waals surface area contributed by atoms with Gasteiger partial charge in [0, 0.05) is 6.54 Å². The van der Waals surface area contributed by atoms with Gasteiger partial charge in [0.2, 0.25) is 0 Å². The third kappa shape index (κ3) is 2.62. The van der Waals surface area contributed by atoms with Crippen LogP contribution in [0, 0.1) is 0 Å². The molecule has 1 aromatic carbocycles. The van der Waals surface area contributed by atoms with Crippen LogP contribution < -0.4 is 5.73 Å². The zero-order valence-corrected chi connectivity index (χ0v) is 10.0. The van der Waals surface area contributed by atoms with Gasteiger partial charge in [-0.15, -0.1) is 0 Å². The molecule has 2 N–H and O–H groups in total. The summed E-state index contributed by atoms with van der Waals surface area (Å²) >= 11 is 0. The number of sulfone groups is 1. The van der Waals surface area contributed by atoms with Crippen LogP contribution in [0.2, 0.25) is 0 Å². The SMILES string of the molecule is NCc1cccc(C2CCCS(=O)(=O)C2)c1. The lowest BCUT2D eigenvalue weighted by Crippen LogP contribution is -2.23. The van der Waals surface area contributed by atoms with E-state index in [0.717, 1.165) is 24.0 Å². The van der Waals surface area contributed by atoms with Crippen molar-refractivity contribution in [2.24, 2.45) is 5.73 Å². The Balaban J connectivity index is 2.23. The summed E-state index contributed by atoms with van der Waals surface area (Å²) < 4.78 is 23.1. The quantitative estimate of drug-likeness (QED) is 0.849. The van der Waals surface area contributed by atoms with Crippen LogP contribution in [0.1, 0.15) is 29.9 Å². The summed E-state index contributed by atoms with van der Waals surface area (Å²) in [6.45, 7) is 0.507. The summed E-state index contributed by atoms with van der Waals surface area (Å²) in [5.74, 6) is 0.798. The minimum atomic E-state index is -2.83. The molecule has 0 spiro atoms. The smallest absolute Gasteiger partial charge is 0.150 e. The molecule has 4 heteroatoms. The predicted molar refractivity (Wildman–Crippen MR) is 65.0 cm³/mol. The molecular formula is C12H17NO2S. The van der Waals surface area contributed by atoms with Crippen molar-refractivity contribution in [2.45, 2.75) is 25.3 Å². The highest BCUT2D eigenvalue weighted by molar-refractivity contribution is 7.91. The standard InChI is InChI=1S/C12H17NO2S/c13-8-10-3-1-4-11(7-10)12-5-2-6-16(14,15)9-12/h1,3-4,7,12H,2,5-6,8-9,13H2. The molecule has 1 fully saturated rings. The van der Waals surface area contributed by atoms with Crippen LogP contribution >= 0.6 is 0 Å². The van der Waals surface area contributed by atoms with Gasteiger partial charge in [0.25, 0.3) is 0 Å². The maximum absolute atomic E-state index is 11.6. The summed E-state index contributed by atoms with van der Waals surface area (Å²) in [7, 11) is -2.83. The molecule has 16 heavy (non-hydrogen) atoms. The van der Waals surface area contributed by atoms with Crippen molar-refractivity contribution in [1.29, 1.82) is 0 Å². The fourth-order valence-electron chi connectivity index (χ4n) is 2.26. The van der Waals surface area contributed by atoms with Crippen molar-refractivity contribution in [3.8, 4) is 0 Å². The Bertz CT molecular complexity index is 468. The summed E-state index contributed by atoms with van der Waals surface area (Å²) in [5.41, 5.74) is 7.77. The summed E-state index contributed by atoms with van der Waals surface area (Å²) in [6, 6.07) is 7.97. The lowest BCUT2D eigenvalue weighted by molar-refractivity contribution is 0.554. The average Bonchev–Trinajstić information content (AvgIpc) is 2.28. The lowest BCUT2D eigenvalue weighted by Gasteiger charge is -2.22. The minimum absolute atomic E-state index is 0.158. The first-order valence-corrected chi connectivity index (χ1v) is 7.42. The molecule has 0 radical (unpaired) electrons. The Labute approximate surface area is 96.6 Å². The van der Waals surface area contributed by atoms with Gasteiger partial charge < -0.3 is 5.73 Å². The zero-order valence-electron chi connectivity index (χ0n) is 9.22. The highest BCUT2D eigenvalue weighted by Crippen LogP contribution is 2.28. The van der Waals surface area contributed by atoms with Crippen molar-refractivity contribution in [3.05, 3.63) is 35.4 Å². The van der Waals surface area contributed by atoms with Crippen molar-refractivity contribution in [1.82, 2.24) is 0 Å². The van der Waals surface area contributed by atoms with Crippen LogP contribution in [0.15, 0.2) is 24.3 Å². The first-order chi connectivity index (χ1) is 7.61. The fraction of sp³-hybridized carbons (Fsp3) is 0.500. The van der Waals surface area contributed by atoms with E-state index >= 15 is 0 Å². The van der Waals surface area contributed by atoms with Gasteiger partial charge in [-0.1, -0.05) is 24.3 Å². The van der Waals surface area contributed by atoms with E-state index in [1.165, 1.54) is 0 Å². The molecule has 1 heterocycles. The Kier molecular flexibility index (Phi) is 3.30. The second kappa shape index (κ2) is 4.55. The Morgan fingerprint density at radius 3 is 2.88 bits per heavy atom. The molecule has 1 unspecified atom stereocenters. The Morgan fingerprint density at radius 1 is 1.38 bits per heavy atom. The number of benzene rings is 1. The van der Waals surface area contributed by atoms with Crippen LogP contribution in [0.25, 0.3) is 0 Å². The molecule has 1 aliphatic rings. The maximum atomic E-state index is 11.6. The van der Waals surface area contributed by atoms with Crippen LogP contribution in [0.3, 0.4) is 0 Å². The molecule has 0 aliphatic carbocycles. The molecule has 0 bridgehead atoms. The molecule has 1 aromatic rings. The lowest BCUT2D eigenvalue weighted by atomic mass is 9.94. The number of hydrogen-bond acceptors (Lipinski definition) is 3. The van der Waals surface area contributed by atoms with Crippen LogP contribution in [-0.4, -0.2) is 19.9 Å². The molecule has 2 rings (SSSR count). The van der Waals surface area contributed by atoms with Gasteiger partial charge >= 0.3 is 0 Å². The van der Waals surface area contributed by atoms with E-state index in [0.29, 0.717) is 18.1 Å². The topological polar surface area (TPSA) is 60.2 Å². The summed E-state index contributed by atoms with van der Waals surface area (Å²) in [6.07, 6.45) is 1.74. The molecule has 88 valence electrons. The number of nitrogens with two attached hydrogens (primary N) is 1. The van der Waals surface area contributed by atoms with Gasteiger partial charge in [0.05, 0.1) is 11.5 Å². The molecule has 1 saturated heterocycles. The highest BCUT2D eigenvalue weighted by Gasteiger charge is 2.25. The minimum Gasteiger partial charge on any atom is -0.326 e. The third-order valence-electron chi connectivity index (χ3n) is 3.12. The third-order valence-corrected chi connectivity index (χ3v) is 4.94. The van der Waals surface area contributed by atoms with Crippen molar-refractivity contribution >= 4 is 9.84 Å². The van der Waals surface area contributed by atoms with Gasteiger partial charge in [-0.2, -0.15) is 0 Å². The Hall–Kier alpha value is -0.870. The molecule has 3 nitrogen and oxygen atoms in total. The monoisotopic (exact) mass is 239 g/mol. The highest BCUT2D eigenvalue weighted by atomic mass is 32.2. The molecule has 1 aliphatic heterocycles. The number of hydrogen-bond donors (Lipinski definition) is 1.